The molecule has 2 fully saturated rings. The van der Waals surface area contributed by atoms with Gasteiger partial charge in [0, 0.05) is 42.4 Å². The number of H-pyrrole nitrogens is 1. The monoisotopic (exact) mass is 342 g/mol. The van der Waals surface area contributed by atoms with E-state index in [4.69, 9.17) is 11.6 Å². The smallest absolute Gasteiger partial charge is 0.279 e. The summed E-state index contributed by atoms with van der Waals surface area (Å²) in [5, 5.41) is 19.2. The van der Waals surface area contributed by atoms with Crippen LogP contribution >= 0.6 is 11.6 Å². The molecule has 0 bridgehead atoms. The molecule has 0 radical (unpaired) electrons. The molecule has 1 aliphatic heterocycles. The average Bonchev–Trinajstić information content (AvgIpc) is 2.94. The van der Waals surface area contributed by atoms with Gasteiger partial charge in [0.15, 0.2) is 0 Å². The summed E-state index contributed by atoms with van der Waals surface area (Å²) < 4.78 is 27.4. The Hall–Kier alpha value is -1.19. The first-order valence-electron chi connectivity index (χ1n) is 6.92. The molecule has 1 aliphatic carbocycles. The summed E-state index contributed by atoms with van der Waals surface area (Å²) in [5.74, 6) is -0.237. The lowest BCUT2D eigenvalue weighted by molar-refractivity contribution is 0.0990. The molecule has 7 nitrogen and oxygen atoms in total. The SMILES string of the molecule is CNS(=O)(=O)N1CC2C(C1)C2(O)c1cc(Cl)cc2[nH]ncc12. The maximum absolute atomic E-state index is 11.8. The van der Waals surface area contributed by atoms with Crippen molar-refractivity contribution in [1.82, 2.24) is 19.2 Å². The normalized spacial score (nSPS) is 31.6. The molecule has 1 saturated heterocycles. The lowest BCUT2D eigenvalue weighted by Gasteiger charge is -2.23. The first-order chi connectivity index (χ1) is 10.4. The van der Waals surface area contributed by atoms with Crippen LogP contribution in [0.3, 0.4) is 0 Å². The van der Waals surface area contributed by atoms with Gasteiger partial charge in [0.05, 0.1) is 17.3 Å². The molecule has 2 aromatic rings. The molecule has 1 aromatic carbocycles. The molecule has 0 amide bonds. The number of aliphatic hydroxyl groups is 1. The maximum Gasteiger partial charge on any atom is 0.279 e. The Morgan fingerprint density at radius 3 is 2.77 bits per heavy atom. The molecular weight excluding hydrogens is 328 g/mol. The number of nitrogens with one attached hydrogen (secondary N) is 2. The molecule has 2 heterocycles. The first-order valence-corrected chi connectivity index (χ1v) is 8.74. The van der Waals surface area contributed by atoms with Crippen LogP contribution < -0.4 is 4.72 Å². The van der Waals surface area contributed by atoms with E-state index in [-0.39, 0.29) is 11.8 Å². The van der Waals surface area contributed by atoms with Gasteiger partial charge < -0.3 is 5.11 Å². The highest BCUT2D eigenvalue weighted by atomic mass is 35.5. The van der Waals surface area contributed by atoms with Crippen LogP contribution in [0.25, 0.3) is 10.9 Å². The molecule has 0 spiro atoms. The van der Waals surface area contributed by atoms with Crippen molar-refractivity contribution >= 4 is 32.7 Å². The van der Waals surface area contributed by atoms with Crippen LogP contribution in [0.4, 0.5) is 0 Å². The summed E-state index contributed by atoms with van der Waals surface area (Å²) in [4.78, 5) is 0. The Balaban J connectivity index is 1.70. The van der Waals surface area contributed by atoms with E-state index >= 15 is 0 Å². The van der Waals surface area contributed by atoms with Crippen molar-refractivity contribution in [2.45, 2.75) is 5.60 Å². The average molecular weight is 343 g/mol. The fraction of sp³-hybridized carbons (Fsp3) is 0.462. The maximum atomic E-state index is 11.8. The third-order valence-corrected chi connectivity index (χ3v) is 6.57. The quantitative estimate of drug-likeness (QED) is 0.753. The predicted molar refractivity (Wildman–Crippen MR) is 81.5 cm³/mol. The Bertz CT molecular complexity index is 853. The summed E-state index contributed by atoms with van der Waals surface area (Å²) in [5.41, 5.74) is 0.452. The van der Waals surface area contributed by atoms with Crippen molar-refractivity contribution in [2.75, 3.05) is 20.1 Å². The number of halogens is 1. The number of hydrogen-bond acceptors (Lipinski definition) is 4. The van der Waals surface area contributed by atoms with Gasteiger partial charge in [-0.15, -0.1) is 0 Å². The number of piperidine rings is 1. The number of nitrogens with zero attached hydrogens (tertiary/aromatic N) is 2. The lowest BCUT2D eigenvalue weighted by atomic mass is 9.99. The van der Waals surface area contributed by atoms with Gasteiger partial charge in [-0.1, -0.05) is 11.6 Å². The Kier molecular flexibility index (Phi) is 2.90. The van der Waals surface area contributed by atoms with Crippen LogP contribution in [-0.4, -0.2) is 48.2 Å². The van der Waals surface area contributed by atoms with Crippen molar-refractivity contribution in [3.8, 4) is 0 Å². The van der Waals surface area contributed by atoms with E-state index in [1.165, 1.54) is 11.4 Å². The summed E-state index contributed by atoms with van der Waals surface area (Å²) in [6.45, 7) is 0.604. The molecule has 2 atom stereocenters. The topological polar surface area (TPSA) is 98.3 Å². The van der Waals surface area contributed by atoms with Gasteiger partial charge in [0.25, 0.3) is 10.2 Å². The Morgan fingerprint density at radius 1 is 1.45 bits per heavy atom. The van der Waals surface area contributed by atoms with E-state index in [9.17, 15) is 13.5 Å². The molecule has 3 N–H and O–H groups in total. The summed E-state index contributed by atoms with van der Waals surface area (Å²) in [7, 11) is -2.06. The fourth-order valence-corrected chi connectivity index (χ4v) is 4.83. The van der Waals surface area contributed by atoms with Crippen LogP contribution in [0.2, 0.25) is 5.02 Å². The van der Waals surface area contributed by atoms with Gasteiger partial charge >= 0.3 is 0 Å². The second kappa shape index (κ2) is 4.42. The number of aromatic amines is 1. The van der Waals surface area contributed by atoms with Crippen molar-refractivity contribution in [2.24, 2.45) is 11.8 Å². The zero-order valence-electron chi connectivity index (χ0n) is 11.7. The van der Waals surface area contributed by atoms with E-state index in [1.54, 1.807) is 18.3 Å². The van der Waals surface area contributed by atoms with Gasteiger partial charge in [-0.25, -0.2) is 4.72 Å². The van der Waals surface area contributed by atoms with E-state index in [0.717, 1.165) is 16.5 Å². The number of aromatic nitrogens is 2. The highest BCUT2D eigenvalue weighted by molar-refractivity contribution is 7.87. The van der Waals surface area contributed by atoms with Gasteiger partial charge in [-0.3, -0.25) is 5.10 Å². The molecule has 9 heteroatoms. The van der Waals surface area contributed by atoms with Gasteiger partial charge in [0.1, 0.15) is 0 Å². The minimum atomic E-state index is -3.44. The van der Waals surface area contributed by atoms with Crippen molar-refractivity contribution in [1.29, 1.82) is 0 Å². The highest BCUT2D eigenvalue weighted by Crippen LogP contribution is 2.63. The molecule has 2 aliphatic rings. The number of benzene rings is 1. The second-order valence-electron chi connectivity index (χ2n) is 5.85. The largest absolute Gasteiger partial charge is 0.384 e. The molecular formula is C13H15ClN4O3S. The number of hydrogen-bond donors (Lipinski definition) is 3. The fourth-order valence-electron chi connectivity index (χ4n) is 3.64. The van der Waals surface area contributed by atoms with Gasteiger partial charge in [-0.2, -0.15) is 17.8 Å². The zero-order chi connectivity index (χ0) is 15.7. The molecule has 1 saturated carbocycles. The molecule has 2 unspecified atom stereocenters. The van der Waals surface area contributed by atoms with Crippen LogP contribution in [0.5, 0.6) is 0 Å². The number of rotatable bonds is 3. The minimum absolute atomic E-state index is 0.118. The third kappa shape index (κ3) is 1.79. The van der Waals surface area contributed by atoms with E-state index < -0.39 is 15.8 Å². The predicted octanol–water partition coefficient (Wildman–Crippen LogP) is 0.430. The summed E-state index contributed by atoms with van der Waals surface area (Å²) in [6, 6.07) is 3.50. The van der Waals surface area contributed by atoms with Crippen molar-refractivity contribution < 1.29 is 13.5 Å². The minimum Gasteiger partial charge on any atom is -0.384 e. The van der Waals surface area contributed by atoms with Crippen LogP contribution in [-0.2, 0) is 15.8 Å². The van der Waals surface area contributed by atoms with Gasteiger partial charge in [-0.05, 0) is 17.7 Å². The van der Waals surface area contributed by atoms with Crippen molar-refractivity contribution in [3.63, 3.8) is 0 Å². The van der Waals surface area contributed by atoms with Crippen LogP contribution in [0.1, 0.15) is 5.56 Å². The van der Waals surface area contributed by atoms with Gasteiger partial charge in [0.2, 0.25) is 0 Å². The van der Waals surface area contributed by atoms with Crippen LogP contribution in [0.15, 0.2) is 18.3 Å². The zero-order valence-corrected chi connectivity index (χ0v) is 13.3. The Morgan fingerprint density at radius 2 is 2.14 bits per heavy atom. The van der Waals surface area contributed by atoms with E-state index in [0.29, 0.717) is 18.1 Å². The van der Waals surface area contributed by atoms with E-state index in [2.05, 4.69) is 14.9 Å². The molecule has 1 aromatic heterocycles. The Labute approximate surface area is 132 Å². The standard InChI is InChI=1S/C13H15ClN4O3S/c1-15-22(20,21)18-5-10-11(6-18)13(10,19)9-2-7(14)3-12-8(9)4-16-17-12/h2-4,10-11,15,19H,5-6H2,1H3,(H,16,17). The van der Waals surface area contributed by atoms with E-state index in [1.807, 2.05) is 0 Å². The summed E-state index contributed by atoms with van der Waals surface area (Å²) >= 11 is 6.12. The lowest BCUT2D eigenvalue weighted by Crippen LogP contribution is -2.41. The third-order valence-electron chi connectivity index (χ3n) is 4.86. The number of fused-ring (bicyclic) bond motifs is 2. The molecule has 4 rings (SSSR count). The molecule has 118 valence electrons. The first kappa shape index (κ1) is 14.4. The second-order valence-corrected chi connectivity index (χ2v) is 8.16. The molecule has 22 heavy (non-hydrogen) atoms. The summed E-state index contributed by atoms with van der Waals surface area (Å²) in [6.07, 6.45) is 1.66. The highest BCUT2D eigenvalue weighted by Gasteiger charge is 2.70. The van der Waals surface area contributed by atoms with Crippen molar-refractivity contribution in [3.05, 3.63) is 28.9 Å². The van der Waals surface area contributed by atoms with Crippen LogP contribution in [0, 0.1) is 11.8 Å².